The Hall–Kier alpha value is -0.130. The van der Waals surface area contributed by atoms with Crippen LogP contribution in [-0.2, 0) is 11.2 Å². The molecule has 1 N–H and O–H groups in total. The number of likely N-dealkylation sites (N-methyl/N-ethyl adjacent to an activating group) is 1. The zero-order chi connectivity index (χ0) is 14.2. The molecule has 2 nitrogen and oxygen atoms in total. The molecule has 0 spiro atoms. The molecule has 0 bridgehead atoms. The standard InChI is InChI=1S/C17H26INO/c1-2-19-16(10-11-17-5-3-4-12-20-17)13-14-6-8-15(18)9-7-14/h6-9,16-17,19H,2-5,10-13H2,1H3. The minimum Gasteiger partial charge on any atom is -0.378 e. The van der Waals surface area contributed by atoms with Crippen molar-refractivity contribution >= 4 is 22.6 Å². The van der Waals surface area contributed by atoms with Crippen molar-refractivity contribution in [2.24, 2.45) is 0 Å². The lowest BCUT2D eigenvalue weighted by molar-refractivity contribution is 0.00860. The number of halogens is 1. The van der Waals surface area contributed by atoms with Gasteiger partial charge < -0.3 is 10.1 Å². The Labute approximate surface area is 136 Å². The molecule has 0 aliphatic carbocycles. The number of hydrogen-bond donors (Lipinski definition) is 1. The molecule has 2 atom stereocenters. The van der Waals surface area contributed by atoms with Gasteiger partial charge in [0.15, 0.2) is 0 Å². The fraction of sp³-hybridized carbons (Fsp3) is 0.647. The summed E-state index contributed by atoms with van der Waals surface area (Å²) in [7, 11) is 0. The Morgan fingerprint density at radius 3 is 2.75 bits per heavy atom. The Bertz CT molecular complexity index is 373. The van der Waals surface area contributed by atoms with Gasteiger partial charge in [0.1, 0.15) is 0 Å². The Kier molecular flexibility index (Phi) is 7.31. The van der Waals surface area contributed by atoms with Crippen molar-refractivity contribution in [1.29, 1.82) is 0 Å². The Morgan fingerprint density at radius 2 is 2.10 bits per heavy atom. The number of benzene rings is 1. The average molecular weight is 387 g/mol. The van der Waals surface area contributed by atoms with E-state index in [9.17, 15) is 0 Å². The second kappa shape index (κ2) is 9.00. The summed E-state index contributed by atoms with van der Waals surface area (Å²) in [5.74, 6) is 0. The van der Waals surface area contributed by atoms with Gasteiger partial charge >= 0.3 is 0 Å². The minimum absolute atomic E-state index is 0.502. The second-order valence-electron chi connectivity index (χ2n) is 5.65. The summed E-state index contributed by atoms with van der Waals surface area (Å²) in [4.78, 5) is 0. The SMILES string of the molecule is CCNC(CCC1CCCCO1)Cc1ccc(I)cc1. The van der Waals surface area contributed by atoms with E-state index >= 15 is 0 Å². The number of ether oxygens (including phenoxy) is 1. The maximum atomic E-state index is 5.84. The van der Waals surface area contributed by atoms with Crippen molar-refractivity contribution in [1.82, 2.24) is 5.32 Å². The normalized spacial score (nSPS) is 20.8. The van der Waals surface area contributed by atoms with Crippen molar-refractivity contribution in [2.45, 2.75) is 57.6 Å². The first-order chi connectivity index (χ1) is 9.78. The fourth-order valence-electron chi connectivity index (χ4n) is 2.89. The van der Waals surface area contributed by atoms with Crippen molar-refractivity contribution in [3.63, 3.8) is 0 Å². The topological polar surface area (TPSA) is 21.3 Å². The van der Waals surface area contributed by atoms with E-state index in [0.29, 0.717) is 12.1 Å². The van der Waals surface area contributed by atoms with E-state index in [2.05, 4.69) is 59.1 Å². The monoisotopic (exact) mass is 387 g/mol. The van der Waals surface area contributed by atoms with Crippen LogP contribution in [0.15, 0.2) is 24.3 Å². The zero-order valence-electron chi connectivity index (χ0n) is 12.4. The average Bonchev–Trinajstić information content (AvgIpc) is 2.48. The lowest BCUT2D eigenvalue weighted by atomic mass is 9.97. The third-order valence-corrected chi connectivity index (χ3v) is 4.72. The van der Waals surface area contributed by atoms with Gasteiger partial charge in [0.2, 0.25) is 0 Å². The van der Waals surface area contributed by atoms with Crippen molar-refractivity contribution < 1.29 is 4.74 Å². The van der Waals surface area contributed by atoms with Gasteiger partial charge in [-0.3, -0.25) is 0 Å². The summed E-state index contributed by atoms with van der Waals surface area (Å²) < 4.78 is 7.15. The summed E-state index contributed by atoms with van der Waals surface area (Å²) in [5, 5.41) is 3.63. The first-order valence-corrected chi connectivity index (χ1v) is 8.95. The van der Waals surface area contributed by atoms with Crippen LogP contribution in [0, 0.1) is 3.57 Å². The van der Waals surface area contributed by atoms with E-state index in [-0.39, 0.29) is 0 Å². The summed E-state index contributed by atoms with van der Waals surface area (Å²) >= 11 is 2.36. The van der Waals surface area contributed by atoms with E-state index in [0.717, 1.165) is 19.6 Å². The summed E-state index contributed by atoms with van der Waals surface area (Å²) in [6.07, 6.45) is 7.87. The molecule has 1 aliphatic rings. The van der Waals surface area contributed by atoms with Gasteiger partial charge in [0.05, 0.1) is 6.10 Å². The van der Waals surface area contributed by atoms with Crippen molar-refractivity contribution in [3.05, 3.63) is 33.4 Å². The van der Waals surface area contributed by atoms with Crippen LogP contribution >= 0.6 is 22.6 Å². The van der Waals surface area contributed by atoms with Gasteiger partial charge in [-0.25, -0.2) is 0 Å². The predicted molar refractivity (Wildman–Crippen MR) is 93.2 cm³/mol. The van der Waals surface area contributed by atoms with E-state index < -0.39 is 0 Å². The van der Waals surface area contributed by atoms with Crippen LogP contribution in [0.3, 0.4) is 0 Å². The smallest absolute Gasteiger partial charge is 0.0575 e. The van der Waals surface area contributed by atoms with Crippen LogP contribution in [-0.4, -0.2) is 25.3 Å². The molecular weight excluding hydrogens is 361 g/mol. The summed E-state index contributed by atoms with van der Waals surface area (Å²) in [6, 6.07) is 9.48. The lowest BCUT2D eigenvalue weighted by Gasteiger charge is -2.25. The van der Waals surface area contributed by atoms with Gasteiger partial charge in [-0.1, -0.05) is 19.1 Å². The van der Waals surface area contributed by atoms with E-state index in [1.54, 1.807) is 0 Å². The highest BCUT2D eigenvalue weighted by molar-refractivity contribution is 14.1. The molecule has 0 saturated carbocycles. The highest BCUT2D eigenvalue weighted by Gasteiger charge is 2.16. The summed E-state index contributed by atoms with van der Waals surface area (Å²) in [6.45, 7) is 4.20. The first kappa shape index (κ1) is 16.2. The molecule has 112 valence electrons. The van der Waals surface area contributed by atoms with Crippen molar-refractivity contribution in [2.75, 3.05) is 13.2 Å². The molecule has 1 fully saturated rings. The van der Waals surface area contributed by atoms with E-state index in [1.807, 2.05) is 0 Å². The molecule has 2 unspecified atom stereocenters. The lowest BCUT2D eigenvalue weighted by Crippen LogP contribution is -2.32. The van der Waals surface area contributed by atoms with Gasteiger partial charge in [0.25, 0.3) is 0 Å². The molecule has 1 saturated heterocycles. The Morgan fingerprint density at radius 1 is 1.30 bits per heavy atom. The first-order valence-electron chi connectivity index (χ1n) is 7.87. The van der Waals surface area contributed by atoms with E-state index in [4.69, 9.17) is 4.74 Å². The van der Waals surface area contributed by atoms with Gasteiger partial charge in [-0.15, -0.1) is 0 Å². The van der Waals surface area contributed by atoms with Crippen LogP contribution in [0.2, 0.25) is 0 Å². The molecule has 3 heteroatoms. The van der Waals surface area contributed by atoms with Crippen LogP contribution in [0.1, 0.15) is 44.6 Å². The van der Waals surface area contributed by atoms with Crippen molar-refractivity contribution in [3.8, 4) is 0 Å². The van der Waals surface area contributed by atoms with Gasteiger partial charge in [-0.05, 0) is 85.4 Å². The third kappa shape index (κ3) is 5.70. The van der Waals surface area contributed by atoms with Crippen LogP contribution in [0.5, 0.6) is 0 Å². The largest absolute Gasteiger partial charge is 0.378 e. The molecule has 20 heavy (non-hydrogen) atoms. The van der Waals surface area contributed by atoms with Crippen LogP contribution in [0.4, 0.5) is 0 Å². The van der Waals surface area contributed by atoms with Crippen LogP contribution in [0.25, 0.3) is 0 Å². The minimum atomic E-state index is 0.502. The van der Waals surface area contributed by atoms with Gasteiger partial charge in [0, 0.05) is 16.2 Å². The maximum absolute atomic E-state index is 5.84. The molecule has 0 aromatic heterocycles. The molecule has 1 aliphatic heterocycles. The predicted octanol–water partition coefficient (Wildman–Crippen LogP) is 4.16. The quantitative estimate of drug-likeness (QED) is 0.710. The highest BCUT2D eigenvalue weighted by atomic mass is 127. The maximum Gasteiger partial charge on any atom is 0.0575 e. The molecule has 0 radical (unpaired) electrons. The third-order valence-electron chi connectivity index (χ3n) is 4.00. The fourth-order valence-corrected chi connectivity index (χ4v) is 3.25. The van der Waals surface area contributed by atoms with E-state index in [1.165, 1.54) is 41.2 Å². The number of hydrogen-bond acceptors (Lipinski definition) is 2. The molecule has 1 aromatic carbocycles. The molecule has 0 amide bonds. The second-order valence-corrected chi connectivity index (χ2v) is 6.90. The summed E-state index contributed by atoms with van der Waals surface area (Å²) in [5.41, 5.74) is 1.43. The molecule has 1 aromatic rings. The zero-order valence-corrected chi connectivity index (χ0v) is 14.6. The number of rotatable bonds is 7. The number of nitrogens with one attached hydrogen (secondary N) is 1. The molecule has 2 rings (SSSR count). The van der Waals surface area contributed by atoms with Crippen LogP contribution < -0.4 is 5.32 Å². The Balaban J connectivity index is 1.81. The highest BCUT2D eigenvalue weighted by Crippen LogP contribution is 2.19. The van der Waals surface area contributed by atoms with Gasteiger partial charge in [-0.2, -0.15) is 0 Å². The molecular formula is C17H26INO. The molecule has 1 heterocycles.